The molecule has 2 aromatic carbocycles. The minimum atomic E-state index is -4.55. The molecule has 2 N–H and O–H groups in total. The van der Waals surface area contributed by atoms with Crippen molar-refractivity contribution in [2.45, 2.75) is 6.18 Å². The minimum absolute atomic E-state index is 0.0281. The predicted octanol–water partition coefficient (Wildman–Crippen LogP) is 4.77. The van der Waals surface area contributed by atoms with Crippen LogP contribution in [0.4, 0.5) is 39.1 Å². The van der Waals surface area contributed by atoms with Gasteiger partial charge >= 0.3 is 6.18 Å². The molecule has 1 aromatic heterocycles. The van der Waals surface area contributed by atoms with Crippen LogP contribution in [-0.4, -0.2) is 16.1 Å². The van der Waals surface area contributed by atoms with Crippen molar-refractivity contribution >= 4 is 23.1 Å². The highest BCUT2D eigenvalue weighted by Crippen LogP contribution is 2.30. The number of benzene rings is 2. The third-order valence-electron chi connectivity index (χ3n) is 3.56. The lowest BCUT2D eigenvalue weighted by molar-refractivity contribution is -0.137. The lowest BCUT2D eigenvalue weighted by Gasteiger charge is -2.10. The molecule has 0 fully saturated rings. The maximum absolute atomic E-state index is 13.6. The van der Waals surface area contributed by atoms with Crippen molar-refractivity contribution in [3.05, 3.63) is 77.5 Å². The molecule has 0 aliphatic carbocycles. The zero-order valence-corrected chi connectivity index (χ0v) is 13.9. The molecule has 5 nitrogen and oxygen atoms in total. The molecular formula is C18H11F5N4O. The fourth-order valence-electron chi connectivity index (χ4n) is 2.23. The van der Waals surface area contributed by atoms with Gasteiger partial charge in [0.2, 0.25) is 0 Å². The van der Waals surface area contributed by atoms with Crippen molar-refractivity contribution in [2.24, 2.45) is 0 Å². The fraction of sp³-hybridized carbons (Fsp3) is 0.0556. The maximum Gasteiger partial charge on any atom is 0.416 e. The van der Waals surface area contributed by atoms with Gasteiger partial charge in [0, 0.05) is 5.69 Å². The normalized spacial score (nSPS) is 11.2. The molecule has 0 atom stereocenters. The van der Waals surface area contributed by atoms with Gasteiger partial charge in [0.15, 0.2) is 11.5 Å². The molecule has 1 amide bonds. The summed E-state index contributed by atoms with van der Waals surface area (Å²) in [5.74, 6) is -2.50. The lowest BCUT2D eigenvalue weighted by atomic mass is 10.2. The van der Waals surface area contributed by atoms with Gasteiger partial charge in [-0.3, -0.25) is 4.79 Å². The van der Waals surface area contributed by atoms with E-state index in [0.29, 0.717) is 0 Å². The van der Waals surface area contributed by atoms with E-state index < -0.39 is 35.0 Å². The van der Waals surface area contributed by atoms with Gasteiger partial charge in [-0.1, -0.05) is 12.1 Å². The Morgan fingerprint density at radius 3 is 2.18 bits per heavy atom. The maximum atomic E-state index is 13.6. The van der Waals surface area contributed by atoms with Gasteiger partial charge in [-0.2, -0.15) is 13.2 Å². The topological polar surface area (TPSA) is 66.9 Å². The number of carbonyl (C=O) groups excluding carboxylic acids is 1. The second-order valence-electron chi connectivity index (χ2n) is 5.56. The first-order valence-corrected chi connectivity index (χ1v) is 7.77. The average Bonchev–Trinajstić information content (AvgIpc) is 2.65. The second kappa shape index (κ2) is 7.59. The Kier molecular flexibility index (Phi) is 5.21. The molecule has 3 rings (SSSR count). The number of aromatic nitrogens is 2. The summed E-state index contributed by atoms with van der Waals surface area (Å²) in [6.45, 7) is 0. The van der Waals surface area contributed by atoms with Gasteiger partial charge in [-0.05, 0) is 42.5 Å². The third-order valence-corrected chi connectivity index (χ3v) is 3.56. The largest absolute Gasteiger partial charge is 0.416 e. The quantitative estimate of drug-likeness (QED) is 0.626. The number of para-hydroxylation sites is 1. The second-order valence-corrected chi connectivity index (χ2v) is 5.56. The molecule has 1 heterocycles. The Bertz CT molecular complexity index is 985. The number of rotatable bonds is 4. The molecule has 10 heteroatoms. The number of halogens is 5. The van der Waals surface area contributed by atoms with Gasteiger partial charge < -0.3 is 10.6 Å². The van der Waals surface area contributed by atoms with E-state index >= 15 is 0 Å². The number of nitrogens with one attached hydrogen (secondary N) is 2. The van der Waals surface area contributed by atoms with E-state index in [0.717, 1.165) is 30.3 Å². The summed E-state index contributed by atoms with van der Waals surface area (Å²) in [4.78, 5) is 12.1. The monoisotopic (exact) mass is 394 g/mol. The van der Waals surface area contributed by atoms with E-state index in [1.807, 2.05) is 0 Å². The standard InChI is InChI=1S/C18H11F5N4O/c19-12-5-2-6-13(20)16(12)25-15-8-7-14(26-27-15)17(28)24-11-4-1-3-10(9-11)18(21,22)23/h1-9H,(H,24,28)(H,25,27). The summed E-state index contributed by atoms with van der Waals surface area (Å²) < 4.78 is 65.4. The lowest BCUT2D eigenvalue weighted by Crippen LogP contribution is -2.15. The first-order valence-electron chi connectivity index (χ1n) is 7.77. The van der Waals surface area contributed by atoms with Crippen LogP contribution in [0.1, 0.15) is 16.1 Å². The van der Waals surface area contributed by atoms with Gasteiger partial charge in [0.25, 0.3) is 5.91 Å². The van der Waals surface area contributed by atoms with Crippen LogP contribution >= 0.6 is 0 Å². The number of hydrogen-bond donors (Lipinski definition) is 2. The fourth-order valence-corrected chi connectivity index (χ4v) is 2.23. The number of nitrogens with zero attached hydrogens (tertiary/aromatic N) is 2. The Morgan fingerprint density at radius 2 is 1.57 bits per heavy atom. The van der Waals surface area contributed by atoms with Crippen molar-refractivity contribution < 1.29 is 26.7 Å². The molecule has 0 aliphatic heterocycles. The molecular weight excluding hydrogens is 383 g/mol. The molecule has 0 spiro atoms. The molecule has 0 radical (unpaired) electrons. The number of hydrogen-bond acceptors (Lipinski definition) is 4. The van der Waals surface area contributed by atoms with Gasteiger partial charge in [0.1, 0.15) is 17.3 Å². The zero-order chi connectivity index (χ0) is 20.3. The SMILES string of the molecule is O=C(Nc1cccc(C(F)(F)F)c1)c1ccc(Nc2c(F)cccc2F)nn1. The molecule has 28 heavy (non-hydrogen) atoms. The molecule has 0 bridgehead atoms. The third kappa shape index (κ3) is 4.40. The average molecular weight is 394 g/mol. The van der Waals surface area contributed by atoms with E-state index in [9.17, 15) is 26.7 Å². The van der Waals surface area contributed by atoms with Crippen molar-refractivity contribution in [3.8, 4) is 0 Å². The number of amides is 1. The summed E-state index contributed by atoms with van der Waals surface area (Å²) in [7, 11) is 0. The van der Waals surface area contributed by atoms with Crippen LogP contribution in [0, 0.1) is 11.6 Å². The molecule has 3 aromatic rings. The van der Waals surface area contributed by atoms with E-state index in [-0.39, 0.29) is 17.2 Å². The number of anilines is 3. The van der Waals surface area contributed by atoms with Crippen molar-refractivity contribution in [1.29, 1.82) is 0 Å². The minimum Gasteiger partial charge on any atom is -0.334 e. The van der Waals surface area contributed by atoms with Gasteiger partial charge in [0.05, 0.1) is 5.56 Å². The highest BCUT2D eigenvalue weighted by Gasteiger charge is 2.30. The summed E-state index contributed by atoms with van der Waals surface area (Å²) in [6, 6.07) is 9.85. The summed E-state index contributed by atoms with van der Waals surface area (Å²) >= 11 is 0. The Hall–Kier alpha value is -3.56. The zero-order valence-electron chi connectivity index (χ0n) is 13.9. The molecule has 0 saturated heterocycles. The first-order chi connectivity index (χ1) is 13.2. The molecule has 0 saturated carbocycles. The van der Waals surface area contributed by atoms with E-state index in [4.69, 9.17) is 0 Å². The van der Waals surface area contributed by atoms with Crippen LogP contribution in [0.3, 0.4) is 0 Å². The van der Waals surface area contributed by atoms with Crippen LogP contribution in [0.25, 0.3) is 0 Å². The van der Waals surface area contributed by atoms with Gasteiger partial charge in [-0.15, -0.1) is 10.2 Å². The van der Waals surface area contributed by atoms with Crippen LogP contribution in [0.2, 0.25) is 0 Å². The van der Waals surface area contributed by atoms with Crippen molar-refractivity contribution in [3.63, 3.8) is 0 Å². The Morgan fingerprint density at radius 1 is 0.893 bits per heavy atom. The van der Waals surface area contributed by atoms with Gasteiger partial charge in [-0.25, -0.2) is 8.78 Å². The molecule has 0 aliphatic rings. The highest BCUT2D eigenvalue weighted by atomic mass is 19.4. The molecule has 0 unspecified atom stereocenters. The Labute approximate surface area is 155 Å². The van der Waals surface area contributed by atoms with Crippen LogP contribution in [-0.2, 0) is 6.18 Å². The Balaban J connectivity index is 1.72. The van der Waals surface area contributed by atoms with Crippen LogP contribution < -0.4 is 10.6 Å². The highest BCUT2D eigenvalue weighted by molar-refractivity contribution is 6.02. The van der Waals surface area contributed by atoms with E-state index in [1.165, 1.54) is 24.3 Å². The number of alkyl halides is 3. The van der Waals surface area contributed by atoms with E-state index in [1.54, 1.807) is 0 Å². The first kappa shape index (κ1) is 19.2. The number of carbonyl (C=O) groups is 1. The summed E-state index contributed by atoms with van der Waals surface area (Å²) in [5, 5.41) is 11.9. The predicted molar refractivity (Wildman–Crippen MR) is 91.1 cm³/mol. The van der Waals surface area contributed by atoms with Crippen molar-refractivity contribution in [2.75, 3.05) is 10.6 Å². The summed E-state index contributed by atoms with van der Waals surface area (Å²) in [5.41, 5.74) is -1.62. The summed E-state index contributed by atoms with van der Waals surface area (Å²) in [6.07, 6.45) is -4.55. The molecule has 144 valence electrons. The van der Waals surface area contributed by atoms with Crippen LogP contribution in [0.5, 0.6) is 0 Å². The van der Waals surface area contributed by atoms with Crippen molar-refractivity contribution in [1.82, 2.24) is 10.2 Å². The van der Waals surface area contributed by atoms with E-state index in [2.05, 4.69) is 20.8 Å². The smallest absolute Gasteiger partial charge is 0.334 e. The van der Waals surface area contributed by atoms with Crippen LogP contribution in [0.15, 0.2) is 54.6 Å².